The number of carbonyl (C=O) groups is 1. The summed E-state index contributed by atoms with van der Waals surface area (Å²) in [6.07, 6.45) is 1.10. The number of pyridine rings is 1. The van der Waals surface area contributed by atoms with Crippen LogP contribution < -0.4 is 4.90 Å². The fraction of sp³-hybridized carbons (Fsp3) is 0.455. The summed E-state index contributed by atoms with van der Waals surface area (Å²) >= 11 is 7.74. The van der Waals surface area contributed by atoms with Gasteiger partial charge in [-0.05, 0) is 24.3 Å². The van der Waals surface area contributed by atoms with Crippen LogP contribution >= 0.6 is 23.4 Å². The lowest BCUT2D eigenvalue weighted by Crippen LogP contribution is -2.32. The van der Waals surface area contributed by atoms with Gasteiger partial charge in [-0.2, -0.15) is 11.8 Å². The number of hydrogen-bond acceptors (Lipinski definition) is 4. The van der Waals surface area contributed by atoms with Crippen LogP contribution in [0.25, 0.3) is 0 Å². The molecule has 0 aromatic carbocycles. The molecule has 1 unspecified atom stereocenters. The van der Waals surface area contributed by atoms with E-state index in [1.54, 1.807) is 6.07 Å². The predicted octanol–water partition coefficient (Wildman–Crippen LogP) is 2.37. The molecule has 0 aliphatic carbocycles. The summed E-state index contributed by atoms with van der Waals surface area (Å²) in [6, 6.07) is 3.34. The Morgan fingerprint density at radius 3 is 3.00 bits per heavy atom. The zero-order valence-electron chi connectivity index (χ0n) is 9.39. The molecule has 6 heteroatoms. The first-order valence-corrected chi connectivity index (χ1v) is 6.82. The Bertz CT molecular complexity index is 435. The van der Waals surface area contributed by atoms with E-state index >= 15 is 0 Å². The van der Waals surface area contributed by atoms with E-state index in [1.807, 2.05) is 23.7 Å². The minimum Gasteiger partial charge on any atom is -0.478 e. The normalized spacial score (nSPS) is 19.3. The van der Waals surface area contributed by atoms with E-state index < -0.39 is 5.97 Å². The average molecular weight is 273 g/mol. The molecule has 1 fully saturated rings. The molecule has 1 aromatic heterocycles. The number of anilines is 1. The lowest BCUT2D eigenvalue weighted by Gasteiger charge is -2.25. The number of rotatable bonds is 3. The highest BCUT2D eigenvalue weighted by Crippen LogP contribution is 2.26. The molecular weight excluding hydrogens is 260 g/mol. The molecule has 4 nitrogen and oxygen atoms in total. The summed E-state index contributed by atoms with van der Waals surface area (Å²) in [5.41, 5.74) is 0.178. The lowest BCUT2D eigenvalue weighted by molar-refractivity contribution is 0.0697. The van der Waals surface area contributed by atoms with Gasteiger partial charge in [0.25, 0.3) is 0 Å². The molecule has 0 spiro atoms. The highest BCUT2D eigenvalue weighted by molar-refractivity contribution is 7.99. The predicted molar refractivity (Wildman–Crippen MR) is 70.3 cm³/mol. The van der Waals surface area contributed by atoms with E-state index in [4.69, 9.17) is 16.7 Å². The van der Waals surface area contributed by atoms with E-state index in [1.165, 1.54) is 6.07 Å². The van der Waals surface area contributed by atoms with Crippen molar-refractivity contribution in [1.29, 1.82) is 0 Å². The Morgan fingerprint density at radius 1 is 1.65 bits per heavy atom. The van der Waals surface area contributed by atoms with Gasteiger partial charge in [-0.3, -0.25) is 0 Å². The van der Waals surface area contributed by atoms with Gasteiger partial charge < -0.3 is 10.0 Å². The van der Waals surface area contributed by atoms with Gasteiger partial charge in [-0.25, -0.2) is 9.78 Å². The van der Waals surface area contributed by atoms with Gasteiger partial charge in [0.1, 0.15) is 11.0 Å². The van der Waals surface area contributed by atoms with Gasteiger partial charge in [-0.15, -0.1) is 0 Å². The SMILES string of the molecule is CN(c1cc(C(=O)O)cc(Cl)n1)C1CCSC1. The summed E-state index contributed by atoms with van der Waals surface area (Å²) in [5.74, 6) is 1.83. The van der Waals surface area contributed by atoms with Crippen LogP contribution in [0.1, 0.15) is 16.8 Å². The van der Waals surface area contributed by atoms with Crippen LogP contribution in [0, 0.1) is 0 Å². The smallest absolute Gasteiger partial charge is 0.335 e. The lowest BCUT2D eigenvalue weighted by atomic mass is 10.2. The molecular formula is C11H13ClN2O2S. The highest BCUT2D eigenvalue weighted by atomic mass is 35.5. The van der Waals surface area contributed by atoms with E-state index in [0.717, 1.165) is 17.9 Å². The molecule has 1 aliphatic heterocycles. The fourth-order valence-electron chi connectivity index (χ4n) is 1.80. The van der Waals surface area contributed by atoms with Gasteiger partial charge in [0.05, 0.1) is 5.56 Å². The Labute approximate surface area is 109 Å². The summed E-state index contributed by atoms with van der Waals surface area (Å²) in [4.78, 5) is 17.1. The second-order valence-corrected chi connectivity index (χ2v) is 5.51. The van der Waals surface area contributed by atoms with Gasteiger partial charge in [0, 0.05) is 18.8 Å². The van der Waals surface area contributed by atoms with E-state index in [2.05, 4.69) is 4.98 Å². The van der Waals surface area contributed by atoms with Crippen LogP contribution in [0.15, 0.2) is 12.1 Å². The Kier molecular flexibility index (Phi) is 3.79. The van der Waals surface area contributed by atoms with E-state index in [-0.39, 0.29) is 10.7 Å². The van der Waals surface area contributed by atoms with Crippen LogP contribution in [-0.4, -0.2) is 40.7 Å². The first-order chi connectivity index (χ1) is 8.08. The molecule has 1 aromatic rings. The third-order valence-electron chi connectivity index (χ3n) is 2.84. The van der Waals surface area contributed by atoms with Crippen molar-refractivity contribution >= 4 is 35.1 Å². The number of halogens is 1. The molecule has 2 heterocycles. The Morgan fingerprint density at radius 2 is 2.41 bits per heavy atom. The number of aromatic nitrogens is 1. The van der Waals surface area contributed by atoms with Gasteiger partial charge in [0.15, 0.2) is 0 Å². The quantitative estimate of drug-likeness (QED) is 0.856. The second kappa shape index (κ2) is 5.14. The highest BCUT2D eigenvalue weighted by Gasteiger charge is 2.22. The van der Waals surface area contributed by atoms with Crippen molar-refractivity contribution in [2.45, 2.75) is 12.5 Å². The van der Waals surface area contributed by atoms with Gasteiger partial charge in [0.2, 0.25) is 0 Å². The van der Waals surface area contributed by atoms with Gasteiger partial charge >= 0.3 is 5.97 Å². The molecule has 0 radical (unpaired) electrons. The molecule has 0 amide bonds. The number of carboxylic acid groups (broad SMARTS) is 1. The van der Waals surface area contributed by atoms with Crippen molar-refractivity contribution < 1.29 is 9.90 Å². The van der Waals surface area contributed by atoms with E-state index in [9.17, 15) is 4.79 Å². The monoisotopic (exact) mass is 272 g/mol. The van der Waals surface area contributed by atoms with Crippen LogP contribution in [-0.2, 0) is 0 Å². The maximum Gasteiger partial charge on any atom is 0.335 e. The van der Waals surface area contributed by atoms with Crippen molar-refractivity contribution in [3.63, 3.8) is 0 Å². The third kappa shape index (κ3) is 2.84. The number of hydrogen-bond donors (Lipinski definition) is 1. The molecule has 1 aliphatic rings. The maximum atomic E-state index is 10.9. The Hall–Kier alpha value is -0.940. The zero-order valence-corrected chi connectivity index (χ0v) is 11.0. The van der Waals surface area contributed by atoms with Crippen LogP contribution in [0.3, 0.4) is 0 Å². The first kappa shape index (κ1) is 12.5. The standard InChI is InChI=1S/C11H13ClN2O2S/c1-14(8-2-3-17-6-8)10-5-7(11(15)16)4-9(12)13-10/h4-5,8H,2-3,6H2,1H3,(H,15,16). The molecule has 1 atom stereocenters. The van der Waals surface area contributed by atoms with Crippen molar-refractivity contribution in [3.8, 4) is 0 Å². The molecule has 92 valence electrons. The van der Waals surface area contributed by atoms with Crippen molar-refractivity contribution in [2.75, 3.05) is 23.5 Å². The maximum absolute atomic E-state index is 10.9. The minimum atomic E-state index is -0.982. The summed E-state index contributed by atoms with van der Waals surface area (Å²) in [5, 5.41) is 9.19. The van der Waals surface area contributed by atoms with Crippen molar-refractivity contribution in [3.05, 3.63) is 22.8 Å². The number of nitrogens with zero attached hydrogens (tertiary/aromatic N) is 2. The van der Waals surface area contributed by atoms with Crippen LogP contribution in [0.4, 0.5) is 5.82 Å². The van der Waals surface area contributed by atoms with Gasteiger partial charge in [-0.1, -0.05) is 11.6 Å². The molecule has 0 saturated carbocycles. The Balaban J connectivity index is 2.27. The molecule has 17 heavy (non-hydrogen) atoms. The molecule has 1 saturated heterocycles. The summed E-state index contributed by atoms with van der Waals surface area (Å²) in [7, 11) is 1.93. The number of carboxylic acids is 1. The molecule has 2 rings (SSSR count). The summed E-state index contributed by atoms with van der Waals surface area (Å²) in [6.45, 7) is 0. The first-order valence-electron chi connectivity index (χ1n) is 5.29. The second-order valence-electron chi connectivity index (χ2n) is 3.97. The molecule has 0 bridgehead atoms. The fourth-order valence-corrected chi connectivity index (χ4v) is 3.27. The molecule has 1 N–H and O–H groups in total. The number of thioether (sulfide) groups is 1. The minimum absolute atomic E-state index is 0.178. The van der Waals surface area contributed by atoms with Crippen LogP contribution in [0.2, 0.25) is 5.15 Å². The van der Waals surface area contributed by atoms with Crippen LogP contribution in [0.5, 0.6) is 0 Å². The topological polar surface area (TPSA) is 53.4 Å². The van der Waals surface area contributed by atoms with E-state index in [0.29, 0.717) is 11.9 Å². The zero-order chi connectivity index (χ0) is 12.4. The van der Waals surface area contributed by atoms with Crippen molar-refractivity contribution in [1.82, 2.24) is 4.98 Å². The summed E-state index contributed by atoms with van der Waals surface area (Å²) < 4.78 is 0. The van der Waals surface area contributed by atoms with Crippen molar-refractivity contribution in [2.24, 2.45) is 0 Å². The third-order valence-corrected chi connectivity index (χ3v) is 4.18. The number of aromatic carboxylic acids is 1. The largest absolute Gasteiger partial charge is 0.478 e. The average Bonchev–Trinajstić information content (AvgIpc) is 2.80.